The fourth-order valence-electron chi connectivity index (χ4n) is 2.65. The highest BCUT2D eigenvalue weighted by Gasteiger charge is 2.33. The number of likely N-dealkylation sites (tertiary alicyclic amines) is 1. The van der Waals surface area contributed by atoms with Crippen molar-refractivity contribution in [2.45, 2.75) is 25.4 Å². The quantitative estimate of drug-likeness (QED) is 0.870. The van der Waals surface area contributed by atoms with E-state index in [9.17, 15) is 19.8 Å². The van der Waals surface area contributed by atoms with E-state index < -0.39 is 11.6 Å². The number of carbonyl (C=O) groups is 2. The molecule has 1 saturated heterocycles. The first-order valence-corrected chi connectivity index (χ1v) is 6.89. The Bertz CT molecular complexity index is 556. The molecule has 2 amide bonds. The van der Waals surface area contributed by atoms with Crippen LogP contribution in [-0.4, -0.2) is 52.9 Å². The van der Waals surface area contributed by atoms with Crippen molar-refractivity contribution >= 4 is 17.7 Å². The van der Waals surface area contributed by atoms with Gasteiger partial charge in [-0.25, -0.2) is 9.59 Å². The minimum Gasteiger partial charge on any atom is -0.478 e. The van der Waals surface area contributed by atoms with Crippen LogP contribution in [0.4, 0.5) is 10.5 Å². The van der Waals surface area contributed by atoms with E-state index in [1.54, 1.807) is 37.1 Å². The van der Waals surface area contributed by atoms with Crippen molar-refractivity contribution in [3.63, 3.8) is 0 Å². The number of anilines is 1. The second kappa shape index (κ2) is 5.73. The summed E-state index contributed by atoms with van der Waals surface area (Å²) in [5.41, 5.74) is -0.460. The number of aromatic carboxylic acids is 1. The molecule has 0 radical (unpaired) electrons. The van der Waals surface area contributed by atoms with Crippen LogP contribution in [0, 0.1) is 0 Å². The predicted octanol–water partition coefficient (Wildman–Crippen LogP) is 1.79. The van der Waals surface area contributed by atoms with Crippen molar-refractivity contribution in [2.24, 2.45) is 0 Å². The summed E-state index contributed by atoms with van der Waals surface area (Å²) in [4.78, 5) is 26.6. The number of rotatable bonds is 2. The maximum Gasteiger partial charge on any atom is 0.337 e. The number of hydrogen-bond acceptors (Lipinski definition) is 3. The Morgan fingerprint density at radius 3 is 2.62 bits per heavy atom. The summed E-state index contributed by atoms with van der Waals surface area (Å²) in [5.74, 6) is -1.07. The van der Waals surface area contributed by atoms with Crippen molar-refractivity contribution in [1.82, 2.24) is 4.90 Å². The molecule has 114 valence electrons. The zero-order valence-electron chi connectivity index (χ0n) is 12.2. The van der Waals surface area contributed by atoms with Gasteiger partial charge < -0.3 is 15.1 Å². The monoisotopic (exact) mass is 292 g/mol. The molecule has 2 rings (SSSR count). The highest BCUT2D eigenvalue weighted by molar-refractivity contribution is 6.01. The van der Waals surface area contributed by atoms with Crippen molar-refractivity contribution in [3.05, 3.63) is 29.8 Å². The number of hydrogen-bond donors (Lipinski definition) is 2. The number of para-hydroxylation sites is 1. The Balaban J connectivity index is 2.22. The Morgan fingerprint density at radius 2 is 2.00 bits per heavy atom. The van der Waals surface area contributed by atoms with Crippen LogP contribution in [0.15, 0.2) is 24.3 Å². The number of carbonyl (C=O) groups excluding carboxylic acids is 1. The number of carboxylic acid groups (broad SMARTS) is 1. The molecule has 1 aliphatic rings. The Morgan fingerprint density at radius 1 is 1.33 bits per heavy atom. The van der Waals surface area contributed by atoms with Gasteiger partial charge in [0, 0.05) is 13.6 Å². The van der Waals surface area contributed by atoms with Gasteiger partial charge in [0.25, 0.3) is 0 Å². The van der Waals surface area contributed by atoms with Gasteiger partial charge >= 0.3 is 12.0 Å². The summed E-state index contributed by atoms with van der Waals surface area (Å²) in [7, 11) is 1.55. The van der Waals surface area contributed by atoms with E-state index in [2.05, 4.69) is 0 Å². The summed E-state index contributed by atoms with van der Waals surface area (Å²) in [6.45, 7) is 2.53. The highest BCUT2D eigenvalue weighted by Crippen LogP contribution is 2.24. The van der Waals surface area contributed by atoms with E-state index in [1.165, 1.54) is 11.0 Å². The van der Waals surface area contributed by atoms with Crippen LogP contribution in [0.1, 0.15) is 30.1 Å². The molecule has 0 bridgehead atoms. The second-order valence-electron chi connectivity index (χ2n) is 5.69. The third-order valence-corrected chi connectivity index (χ3v) is 3.73. The molecule has 6 nitrogen and oxygen atoms in total. The number of nitrogens with zero attached hydrogens (tertiary/aromatic N) is 2. The molecule has 1 aromatic carbocycles. The van der Waals surface area contributed by atoms with E-state index in [0.717, 1.165) is 6.42 Å². The van der Waals surface area contributed by atoms with Gasteiger partial charge in [-0.15, -0.1) is 0 Å². The first-order valence-electron chi connectivity index (χ1n) is 6.89. The van der Waals surface area contributed by atoms with Crippen LogP contribution in [0.25, 0.3) is 0 Å². The lowest BCUT2D eigenvalue weighted by atomic mass is 9.95. The van der Waals surface area contributed by atoms with Gasteiger partial charge in [0.1, 0.15) is 0 Å². The lowest BCUT2D eigenvalue weighted by Crippen LogP contribution is -2.52. The molecule has 0 aliphatic carbocycles. The summed E-state index contributed by atoms with van der Waals surface area (Å²) >= 11 is 0. The first kappa shape index (κ1) is 15.3. The number of urea groups is 1. The smallest absolute Gasteiger partial charge is 0.337 e. The number of β-amino-alcohol motifs (C(OH)–C–C–N with tert-alkyl or cyclic N) is 1. The third-order valence-electron chi connectivity index (χ3n) is 3.73. The molecule has 1 heterocycles. The van der Waals surface area contributed by atoms with Crippen molar-refractivity contribution in [2.75, 3.05) is 25.0 Å². The largest absolute Gasteiger partial charge is 0.478 e. The Labute approximate surface area is 123 Å². The normalized spacial score (nSPS) is 22.0. The van der Waals surface area contributed by atoms with E-state index in [4.69, 9.17) is 0 Å². The molecule has 0 saturated carbocycles. The molecule has 0 spiro atoms. The number of amides is 2. The van der Waals surface area contributed by atoms with Crippen LogP contribution >= 0.6 is 0 Å². The SMILES string of the molecule is CN(C(=O)N1CCCC(C)(O)C1)c1ccccc1C(=O)O. The van der Waals surface area contributed by atoms with Crippen LogP contribution in [0.3, 0.4) is 0 Å². The zero-order valence-corrected chi connectivity index (χ0v) is 12.2. The molecule has 2 N–H and O–H groups in total. The van der Waals surface area contributed by atoms with Crippen molar-refractivity contribution < 1.29 is 19.8 Å². The van der Waals surface area contributed by atoms with Gasteiger partial charge in [0.15, 0.2) is 0 Å². The lowest BCUT2D eigenvalue weighted by Gasteiger charge is -2.38. The average molecular weight is 292 g/mol. The molecule has 0 aromatic heterocycles. The van der Waals surface area contributed by atoms with Crippen LogP contribution in [0.2, 0.25) is 0 Å². The van der Waals surface area contributed by atoms with Crippen LogP contribution < -0.4 is 4.90 Å². The molecule has 1 atom stereocenters. The lowest BCUT2D eigenvalue weighted by molar-refractivity contribution is -0.00140. The minimum atomic E-state index is -1.07. The zero-order chi connectivity index (χ0) is 15.6. The van der Waals surface area contributed by atoms with E-state index in [-0.39, 0.29) is 18.1 Å². The molecule has 1 aliphatic heterocycles. The van der Waals surface area contributed by atoms with Crippen molar-refractivity contribution in [1.29, 1.82) is 0 Å². The molecule has 1 unspecified atom stereocenters. The van der Waals surface area contributed by atoms with Gasteiger partial charge in [0.05, 0.1) is 23.4 Å². The minimum absolute atomic E-state index is 0.0807. The summed E-state index contributed by atoms with van der Waals surface area (Å²) in [6, 6.07) is 6.08. The maximum atomic E-state index is 12.5. The van der Waals surface area contributed by atoms with Crippen LogP contribution in [-0.2, 0) is 0 Å². The Kier molecular flexibility index (Phi) is 4.18. The van der Waals surface area contributed by atoms with E-state index in [0.29, 0.717) is 18.7 Å². The fourth-order valence-corrected chi connectivity index (χ4v) is 2.65. The number of aliphatic hydroxyl groups is 1. The maximum absolute atomic E-state index is 12.5. The van der Waals surface area contributed by atoms with Gasteiger partial charge in [-0.2, -0.15) is 0 Å². The predicted molar refractivity (Wildman–Crippen MR) is 78.6 cm³/mol. The Hall–Kier alpha value is -2.08. The molecule has 6 heteroatoms. The average Bonchev–Trinajstić information content (AvgIpc) is 2.44. The number of carboxylic acids is 1. The molecule has 1 aromatic rings. The molecule has 21 heavy (non-hydrogen) atoms. The standard InChI is InChI=1S/C15H20N2O4/c1-15(21)8-5-9-17(10-15)14(20)16(2)12-7-4-3-6-11(12)13(18)19/h3-4,6-7,21H,5,8-10H2,1-2H3,(H,18,19). The number of piperidine rings is 1. The van der Waals surface area contributed by atoms with E-state index >= 15 is 0 Å². The summed E-state index contributed by atoms with van der Waals surface area (Å²) < 4.78 is 0. The van der Waals surface area contributed by atoms with Crippen LogP contribution in [0.5, 0.6) is 0 Å². The van der Waals surface area contributed by atoms with Gasteiger partial charge in [-0.05, 0) is 31.9 Å². The fraction of sp³-hybridized carbons (Fsp3) is 0.467. The third kappa shape index (κ3) is 3.33. The molecular formula is C15H20N2O4. The molecule has 1 fully saturated rings. The summed E-state index contributed by atoms with van der Waals surface area (Å²) in [6.07, 6.45) is 1.39. The molecular weight excluding hydrogens is 272 g/mol. The second-order valence-corrected chi connectivity index (χ2v) is 5.69. The van der Waals surface area contributed by atoms with E-state index in [1.807, 2.05) is 0 Å². The first-order chi connectivity index (χ1) is 9.82. The summed E-state index contributed by atoms with van der Waals surface area (Å²) in [5, 5.41) is 19.3. The topological polar surface area (TPSA) is 81.1 Å². The number of benzene rings is 1. The van der Waals surface area contributed by atoms with Crippen molar-refractivity contribution in [3.8, 4) is 0 Å². The van der Waals surface area contributed by atoms with Gasteiger partial charge in [-0.3, -0.25) is 4.90 Å². The highest BCUT2D eigenvalue weighted by atomic mass is 16.4. The van der Waals surface area contributed by atoms with Gasteiger partial charge in [0.2, 0.25) is 0 Å². The van der Waals surface area contributed by atoms with Gasteiger partial charge in [-0.1, -0.05) is 12.1 Å².